The fourth-order valence-electron chi connectivity index (χ4n) is 4.20. The van der Waals surface area contributed by atoms with Crippen LogP contribution in [0.4, 0.5) is 5.69 Å². The van der Waals surface area contributed by atoms with Crippen LogP contribution < -0.4 is 5.32 Å². The minimum Gasteiger partial charge on any atom is -0.338 e. The number of piperidine rings is 1. The van der Waals surface area contributed by atoms with E-state index in [4.69, 9.17) is 4.52 Å². The van der Waals surface area contributed by atoms with E-state index < -0.39 is 0 Å². The number of carbonyl (C=O) groups is 2. The molecule has 1 unspecified atom stereocenters. The second-order valence-electron chi connectivity index (χ2n) is 8.29. The van der Waals surface area contributed by atoms with Gasteiger partial charge in [0.1, 0.15) is 0 Å². The number of anilines is 1. The third kappa shape index (κ3) is 4.98. The molecule has 8 heteroatoms. The number of ketones is 1. The lowest BCUT2D eigenvalue weighted by atomic mass is 9.96. The van der Waals surface area contributed by atoms with Crippen molar-refractivity contribution in [2.45, 2.75) is 19.4 Å². The third-order valence-corrected chi connectivity index (χ3v) is 6.78. The van der Waals surface area contributed by atoms with Crippen LogP contribution in [-0.4, -0.2) is 39.8 Å². The lowest BCUT2D eigenvalue weighted by molar-refractivity contribution is -0.121. The van der Waals surface area contributed by atoms with Crippen LogP contribution in [0.5, 0.6) is 0 Å². The van der Waals surface area contributed by atoms with E-state index in [1.165, 1.54) is 0 Å². The molecule has 1 aliphatic rings. The summed E-state index contributed by atoms with van der Waals surface area (Å²) in [6, 6.07) is 20.2. The Morgan fingerprint density at radius 1 is 1.06 bits per heavy atom. The van der Waals surface area contributed by atoms with Crippen molar-refractivity contribution in [1.82, 2.24) is 15.0 Å². The Morgan fingerprint density at radius 3 is 2.71 bits per heavy atom. The van der Waals surface area contributed by atoms with Gasteiger partial charge in [0.15, 0.2) is 5.78 Å². The molecule has 4 aromatic rings. The molecule has 1 fully saturated rings. The molecule has 0 aliphatic carbocycles. The van der Waals surface area contributed by atoms with Crippen molar-refractivity contribution in [3.8, 4) is 10.7 Å². The lowest BCUT2D eigenvalue weighted by Crippen LogP contribution is -2.40. The maximum Gasteiger partial charge on any atom is 0.241 e. The number of benzene rings is 2. The van der Waals surface area contributed by atoms with Crippen molar-refractivity contribution in [2.24, 2.45) is 5.92 Å². The first-order valence-corrected chi connectivity index (χ1v) is 12.1. The summed E-state index contributed by atoms with van der Waals surface area (Å²) >= 11 is 1.57. The fraction of sp³-hybridized carbons (Fsp3) is 0.231. The van der Waals surface area contributed by atoms with Gasteiger partial charge in [0.05, 0.1) is 23.0 Å². The monoisotopic (exact) mass is 472 g/mol. The third-order valence-electron chi connectivity index (χ3n) is 5.91. The van der Waals surface area contributed by atoms with Crippen molar-refractivity contribution in [3.63, 3.8) is 0 Å². The minimum absolute atomic E-state index is 0.0807. The average molecular weight is 473 g/mol. The summed E-state index contributed by atoms with van der Waals surface area (Å²) in [5.41, 5.74) is 1.62. The Labute approximate surface area is 201 Å². The lowest BCUT2D eigenvalue weighted by Gasteiger charge is -2.31. The van der Waals surface area contributed by atoms with Crippen molar-refractivity contribution >= 4 is 28.7 Å². The molecule has 1 N–H and O–H groups in total. The van der Waals surface area contributed by atoms with Gasteiger partial charge in [-0.05, 0) is 43.0 Å². The number of amides is 1. The van der Waals surface area contributed by atoms with Crippen LogP contribution in [0.1, 0.15) is 34.7 Å². The van der Waals surface area contributed by atoms with Crippen LogP contribution in [0, 0.1) is 5.92 Å². The summed E-state index contributed by atoms with van der Waals surface area (Å²) in [6.07, 6.45) is 1.69. The highest BCUT2D eigenvalue weighted by Gasteiger charge is 2.28. The highest BCUT2D eigenvalue weighted by Crippen LogP contribution is 2.25. The van der Waals surface area contributed by atoms with Gasteiger partial charge in [-0.1, -0.05) is 53.7 Å². The molecule has 0 radical (unpaired) electrons. The van der Waals surface area contributed by atoms with Crippen molar-refractivity contribution in [2.75, 3.05) is 18.4 Å². The van der Waals surface area contributed by atoms with Crippen LogP contribution in [0.15, 0.2) is 76.6 Å². The van der Waals surface area contributed by atoms with Gasteiger partial charge in [-0.15, -0.1) is 11.3 Å². The second kappa shape index (κ2) is 10.1. The predicted octanol–water partition coefficient (Wildman–Crippen LogP) is 4.88. The first kappa shape index (κ1) is 22.2. The van der Waals surface area contributed by atoms with Gasteiger partial charge < -0.3 is 9.84 Å². The Balaban J connectivity index is 1.24. The molecular weight excluding hydrogens is 448 g/mol. The van der Waals surface area contributed by atoms with Crippen molar-refractivity contribution in [1.29, 1.82) is 0 Å². The van der Waals surface area contributed by atoms with E-state index >= 15 is 0 Å². The first-order valence-electron chi connectivity index (χ1n) is 11.3. The maximum atomic E-state index is 13.1. The van der Waals surface area contributed by atoms with E-state index in [1.54, 1.807) is 35.6 Å². The summed E-state index contributed by atoms with van der Waals surface area (Å²) in [5.74, 6) is 0.759. The summed E-state index contributed by atoms with van der Waals surface area (Å²) < 4.78 is 5.43. The zero-order valence-corrected chi connectivity index (χ0v) is 19.3. The van der Waals surface area contributed by atoms with Gasteiger partial charge in [-0.3, -0.25) is 14.5 Å². The van der Waals surface area contributed by atoms with Gasteiger partial charge in [-0.25, -0.2) is 0 Å². The highest BCUT2D eigenvalue weighted by atomic mass is 32.1. The number of hydrogen-bond donors (Lipinski definition) is 1. The molecule has 5 rings (SSSR count). The zero-order valence-electron chi connectivity index (χ0n) is 18.5. The molecule has 3 heterocycles. The number of para-hydroxylation sites is 1. The largest absolute Gasteiger partial charge is 0.338 e. The summed E-state index contributed by atoms with van der Waals surface area (Å²) in [5, 5.41) is 9.05. The van der Waals surface area contributed by atoms with Gasteiger partial charge >= 0.3 is 0 Å². The Morgan fingerprint density at radius 2 is 1.88 bits per heavy atom. The van der Waals surface area contributed by atoms with Gasteiger partial charge in [0, 0.05) is 17.7 Å². The molecular formula is C26H24N4O3S. The summed E-state index contributed by atoms with van der Waals surface area (Å²) in [4.78, 5) is 33.8. The van der Waals surface area contributed by atoms with Crippen LogP contribution in [0.25, 0.3) is 10.7 Å². The summed E-state index contributed by atoms with van der Waals surface area (Å²) in [7, 11) is 0. The van der Waals surface area contributed by atoms with E-state index in [2.05, 4.69) is 20.4 Å². The number of likely N-dealkylation sites (tertiary alicyclic amines) is 1. The predicted molar refractivity (Wildman–Crippen MR) is 131 cm³/mol. The normalized spacial score (nSPS) is 16.3. The maximum absolute atomic E-state index is 13.1. The van der Waals surface area contributed by atoms with Gasteiger partial charge in [-0.2, -0.15) is 4.98 Å². The molecule has 1 saturated heterocycles. The second-order valence-corrected chi connectivity index (χ2v) is 9.24. The zero-order chi connectivity index (χ0) is 23.3. The average Bonchev–Trinajstić information content (AvgIpc) is 3.57. The minimum atomic E-state index is -0.187. The van der Waals surface area contributed by atoms with Gasteiger partial charge in [0.2, 0.25) is 17.6 Å². The molecule has 172 valence electrons. The van der Waals surface area contributed by atoms with E-state index in [0.717, 1.165) is 24.3 Å². The molecule has 1 amide bonds. The van der Waals surface area contributed by atoms with E-state index in [1.807, 2.05) is 47.8 Å². The summed E-state index contributed by atoms with van der Waals surface area (Å²) in [6.45, 7) is 1.96. The van der Waals surface area contributed by atoms with Crippen LogP contribution in [0.3, 0.4) is 0 Å². The molecule has 2 aromatic heterocycles. The Bertz CT molecular complexity index is 1270. The van der Waals surface area contributed by atoms with Crippen molar-refractivity contribution < 1.29 is 14.1 Å². The molecule has 1 atom stereocenters. The quantitative estimate of drug-likeness (QED) is 0.386. The van der Waals surface area contributed by atoms with Crippen LogP contribution >= 0.6 is 11.3 Å². The highest BCUT2D eigenvalue weighted by molar-refractivity contribution is 7.13. The molecule has 7 nitrogen and oxygen atoms in total. The molecule has 0 saturated carbocycles. The van der Waals surface area contributed by atoms with Crippen LogP contribution in [-0.2, 0) is 11.3 Å². The Hall–Kier alpha value is -3.62. The SMILES string of the molecule is O=C(c1ccccc1)c1ccccc1NC(=O)C1CCCN(Cc2nc(-c3cccs3)no2)C1. The first-order chi connectivity index (χ1) is 16.7. The smallest absolute Gasteiger partial charge is 0.241 e. The number of rotatable bonds is 7. The van der Waals surface area contributed by atoms with Crippen molar-refractivity contribution in [3.05, 3.63) is 89.1 Å². The Kier molecular flexibility index (Phi) is 6.60. The molecule has 1 aliphatic heterocycles. The molecule has 34 heavy (non-hydrogen) atoms. The number of thiophene rings is 1. The number of aromatic nitrogens is 2. The van der Waals surface area contributed by atoms with E-state index in [9.17, 15) is 9.59 Å². The molecule has 0 spiro atoms. The standard InChI is InChI=1S/C26H24N4O3S/c31-24(18-8-2-1-3-9-18)20-11-4-5-12-21(20)27-26(32)19-10-6-14-30(16-19)17-23-28-25(29-33-23)22-13-7-15-34-22/h1-5,7-9,11-13,15,19H,6,10,14,16-17H2,(H,27,32). The molecule has 2 aromatic carbocycles. The van der Waals surface area contributed by atoms with Crippen LogP contribution in [0.2, 0.25) is 0 Å². The van der Waals surface area contributed by atoms with Gasteiger partial charge in [0.25, 0.3) is 0 Å². The number of nitrogens with one attached hydrogen (secondary N) is 1. The number of nitrogens with zero attached hydrogens (tertiary/aromatic N) is 3. The fourth-order valence-corrected chi connectivity index (χ4v) is 4.85. The number of hydrogen-bond acceptors (Lipinski definition) is 7. The topological polar surface area (TPSA) is 88.3 Å². The van der Waals surface area contributed by atoms with E-state index in [0.29, 0.717) is 41.6 Å². The number of carbonyl (C=O) groups excluding carboxylic acids is 2. The molecule has 0 bridgehead atoms. The van der Waals surface area contributed by atoms with E-state index in [-0.39, 0.29) is 17.6 Å².